The maximum atomic E-state index is 12.9. The molecule has 6 nitrogen and oxygen atoms in total. The van der Waals surface area contributed by atoms with Gasteiger partial charge in [-0.1, -0.05) is 0 Å². The Bertz CT molecular complexity index is 782. The number of alkyl halides is 1. The number of esters is 2. The highest BCUT2D eigenvalue weighted by molar-refractivity contribution is 8.00. The summed E-state index contributed by atoms with van der Waals surface area (Å²) < 4.78 is 23.2. The number of hydrogen-bond donors (Lipinski definition) is 0. The van der Waals surface area contributed by atoms with Crippen molar-refractivity contribution in [2.45, 2.75) is 17.7 Å². The van der Waals surface area contributed by atoms with E-state index >= 15 is 0 Å². The molecule has 2 aliphatic heterocycles. The van der Waals surface area contributed by atoms with Gasteiger partial charge in [-0.3, -0.25) is 14.5 Å². The van der Waals surface area contributed by atoms with Crippen LogP contribution in [0.4, 0.5) is 4.39 Å². The van der Waals surface area contributed by atoms with Crippen LogP contribution in [0.1, 0.15) is 17.3 Å². The molecule has 0 saturated carbocycles. The second-order valence-corrected chi connectivity index (χ2v) is 7.30. The number of benzene rings is 1. The molecule has 138 valence electrons. The summed E-state index contributed by atoms with van der Waals surface area (Å²) in [6.07, 6.45) is 0. The van der Waals surface area contributed by atoms with E-state index in [4.69, 9.17) is 21.1 Å². The zero-order valence-corrected chi connectivity index (χ0v) is 15.3. The molecule has 1 saturated heterocycles. The molecule has 26 heavy (non-hydrogen) atoms. The van der Waals surface area contributed by atoms with E-state index in [1.165, 1.54) is 35.7 Å². The van der Waals surface area contributed by atoms with E-state index in [-0.39, 0.29) is 30.1 Å². The minimum Gasteiger partial charge on any atom is -0.461 e. The van der Waals surface area contributed by atoms with Gasteiger partial charge in [-0.2, -0.15) is 0 Å². The Balaban J connectivity index is 1.75. The Kier molecular flexibility index (Phi) is 5.52. The molecule has 2 atom stereocenters. The number of halogens is 2. The van der Waals surface area contributed by atoms with Crippen molar-refractivity contribution in [2.75, 3.05) is 19.0 Å². The molecule has 1 fully saturated rings. The van der Waals surface area contributed by atoms with Crippen LogP contribution in [0.25, 0.3) is 0 Å². The van der Waals surface area contributed by atoms with Crippen LogP contribution in [0.3, 0.4) is 0 Å². The second kappa shape index (κ2) is 7.67. The summed E-state index contributed by atoms with van der Waals surface area (Å²) in [7, 11) is 0. The average molecular weight is 400 g/mol. The first-order valence-corrected chi connectivity index (χ1v) is 9.22. The third kappa shape index (κ3) is 3.71. The first kappa shape index (κ1) is 18.7. The standard InChI is InChI=1S/C17H15ClFNO5S/c1-9(21)24-6-11-8-26-16-14(18)15(22)20(16)13(11)7-25-17(23)10-2-4-12(19)5-3-10/h2-5,14,16H,6-8H2,1H3/t14-,16+/m0/s1. The molecule has 0 spiro atoms. The summed E-state index contributed by atoms with van der Waals surface area (Å²) in [5.74, 6) is -1.32. The molecule has 0 aromatic heterocycles. The van der Waals surface area contributed by atoms with Gasteiger partial charge in [0.25, 0.3) is 0 Å². The maximum absolute atomic E-state index is 12.9. The Hall–Kier alpha value is -2.06. The highest BCUT2D eigenvalue weighted by atomic mass is 35.5. The SMILES string of the molecule is CC(=O)OCC1=C(COC(=O)c2ccc(F)cc2)N2C(=O)[C@H](Cl)[C@H]2SC1. The van der Waals surface area contributed by atoms with E-state index in [1.54, 1.807) is 0 Å². The number of rotatable bonds is 5. The maximum Gasteiger partial charge on any atom is 0.338 e. The Morgan fingerprint density at radius 3 is 2.62 bits per heavy atom. The number of carbonyl (C=O) groups excluding carboxylic acids is 3. The number of hydrogen-bond acceptors (Lipinski definition) is 6. The molecule has 2 heterocycles. The summed E-state index contributed by atoms with van der Waals surface area (Å²) >= 11 is 7.49. The van der Waals surface area contributed by atoms with Gasteiger partial charge < -0.3 is 9.47 Å². The van der Waals surface area contributed by atoms with Crippen LogP contribution in [0, 0.1) is 5.82 Å². The summed E-state index contributed by atoms with van der Waals surface area (Å²) in [6, 6.07) is 4.95. The van der Waals surface area contributed by atoms with Crippen LogP contribution in [-0.4, -0.2) is 52.5 Å². The number of thioether (sulfide) groups is 1. The minimum absolute atomic E-state index is 0.00914. The van der Waals surface area contributed by atoms with E-state index in [0.29, 0.717) is 17.0 Å². The van der Waals surface area contributed by atoms with Gasteiger partial charge >= 0.3 is 11.9 Å². The molecular weight excluding hydrogens is 385 g/mol. The fraction of sp³-hybridized carbons (Fsp3) is 0.353. The van der Waals surface area contributed by atoms with Crippen molar-refractivity contribution < 1.29 is 28.2 Å². The van der Waals surface area contributed by atoms with Gasteiger partial charge in [-0.05, 0) is 24.3 Å². The second-order valence-electron chi connectivity index (χ2n) is 5.73. The first-order valence-electron chi connectivity index (χ1n) is 7.74. The van der Waals surface area contributed by atoms with Crippen molar-refractivity contribution >= 4 is 41.2 Å². The zero-order valence-electron chi connectivity index (χ0n) is 13.7. The van der Waals surface area contributed by atoms with Crippen LogP contribution in [0.5, 0.6) is 0 Å². The first-order chi connectivity index (χ1) is 12.4. The molecular formula is C17H15ClFNO5S. The number of fused-ring (bicyclic) bond motifs is 1. The molecule has 0 aliphatic carbocycles. The van der Waals surface area contributed by atoms with Crippen molar-refractivity contribution in [3.8, 4) is 0 Å². The average Bonchev–Trinajstić information content (AvgIpc) is 2.63. The predicted octanol–water partition coefficient (Wildman–Crippen LogP) is 2.32. The van der Waals surface area contributed by atoms with Crippen molar-refractivity contribution in [1.29, 1.82) is 0 Å². The lowest BCUT2D eigenvalue weighted by atomic mass is 10.1. The molecule has 2 aliphatic rings. The lowest BCUT2D eigenvalue weighted by Gasteiger charge is -2.48. The van der Waals surface area contributed by atoms with E-state index in [1.807, 2.05) is 0 Å². The summed E-state index contributed by atoms with van der Waals surface area (Å²) in [5.41, 5.74) is 1.36. The van der Waals surface area contributed by atoms with E-state index in [2.05, 4.69) is 0 Å². The number of β-lactam (4-membered cyclic amide) rings is 1. The van der Waals surface area contributed by atoms with Gasteiger partial charge in [0, 0.05) is 18.2 Å². The van der Waals surface area contributed by atoms with Gasteiger partial charge in [0.2, 0.25) is 5.91 Å². The van der Waals surface area contributed by atoms with Crippen molar-refractivity contribution in [3.63, 3.8) is 0 Å². The highest BCUT2D eigenvalue weighted by Gasteiger charge is 2.51. The molecule has 0 bridgehead atoms. The summed E-state index contributed by atoms with van der Waals surface area (Å²) in [6.45, 7) is 1.13. The molecule has 0 unspecified atom stereocenters. The van der Waals surface area contributed by atoms with Crippen LogP contribution in [0.15, 0.2) is 35.5 Å². The lowest BCUT2D eigenvalue weighted by molar-refractivity contribution is -0.140. The summed E-state index contributed by atoms with van der Waals surface area (Å²) in [4.78, 5) is 36.8. The Labute approximate surface area is 158 Å². The molecule has 0 radical (unpaired) electrons. The van der Waals surface area contributed by atoms with E-state index in [0.717, 1.165) is 12.1 Å². The number of carbonyl (C=O) groups is 3. The number of nitrogens with zero attached hydrogens (tertiary/aromatic N) is 1. The van der Waals surface area contributed by atoms with Crippen molar-refractivity contribution in [3.05, 3.63) is 46.9 Å². The Morgan fingerprint density at radius 2 is 1.96 bits per heavy atom. The van der Waals surface area contributed by atoms with Gasteiger partial charge in [-0.25, -0.2) is 9.18 Å². The van der Waals surface area contributed by atoms with Crippen LogP contribution in [0.2, 0.25) is 0 Å². The van der Waals surface area contributed by atoms with E-state index in [9.17, 15) is 18.8 Å². The largest absolute Gasteiger partial charge is 0.461 e. The minimum atomic E-state index is -0.644. The van der Waals surface area contributed by atoms with Gasteiger partial charge in [0.15, 0.2) is 0 Å². The molecule has 1 aromatic rings. The van der Waals surface area contributed by atoms with Crippen LogP contribution < -0.4 is 0 Å². The third-order valence-corrected chi connectivity index (χ3v) is 5.89. The van der Waals surface area contributed by atoms with Crippen molar-refractivity contribution in [1.82, 2.24) is 4.90 Å². The van der Waals surface area contributed by atoms with Crippen molar-refractivity contribution in [2.24, 2.45) is 0 Å². The topological polar surface area (TPSA) is 72.9 Å². The lowest BCUT2D eigenvalue weighted by Crippen LogP contribution is -2.62. The monoisotopic (exact) mass is 399 g/mol. The van der Waals surface area contributed by atoms with Gasteiger partial charge in [0.05, 0.1) is 11.3 Å². The van der Waals surface area contributed by atoms with Gasteiger partial charge in [0.1, 0.15) is 29.8 Å². The normalized spacial score (nSPS) is 21.8. The summed E-state index contributed by atoms with van der Waals surface area (Å²) in [5, 5.41) is -0.858. The van der Waals surface area contributed by atoms with E-state index < -0.39 is 23.1 Å². The van der Waals surface area contributed by atoms with Crippen LogP contribution in [-0.2, 0) is 19.1 Å². The third-order valence-electron chi connectivity index (χ3n) is 3.97. The fourth-order valence-electron chi connectivity index (χ4n) is 2.60. The quantitative estimate of drug-likeness (QED) is 0.430. The highest BCUT2D eigenvalue weighted by Crippen LogP contribution is 2.42. The molecule has 0 N–H and O–H groups in total. The van der Waals surface area contributed by atoms with Crippen LogP contribution >= 0.6 is 23.4 Å². The fourth-order valence-corrected chi connectivity index (χ4v) is 4.33. The van der Waals surface area contributed by atoms with Gasteiger partial charge in [-0.15, -0.1) is 23.4 Å². The predicted molar refractivity (Wildman–Crippen MR) is 93.1 cm³/mol. The zero-order chi connectivity index (χ0) is 18.8. The number of ether oxygens (including phenoxy) is 2. The molecule has 3 rings (SSSR count). The molecule has 1 amide bonds. The number of amides is 1. The molecule has 1 aromatic carbocycles. The Morgan fingerprint density at radius 1 is 1.27 bits per heavy atom. The molecule has 9 heteroatoms. The smallest absolute Gasteiger partial charge is 0.338 e.